The molecule has 0 amide bonds. The Hall–Kier alpha value is -6.31. The first-order chi connectivity index (χ1) is 22.8. The number of fused-ring (bicyclic) bond motifs is 4. The smallest absolute Gasteiger partial charge is 0.270 e. The molecule has 0 bridgehead atoms. The van der Waals surface area contributed by atoms with Gasteiger partial charge in [0.2, 0.25) is 5.71 Å². The lowest BCUT2D eigenvalue weighted by Gasteiger charge is -2.38. The number of rotatable bonds is 1. The van der Waals surface area contributed by atoms with Crippen LogP contribution < -0.4 is 15.5 Å². The monoisotopic (exact) mass is 611 g/mol. The van der Waals surface area contributed by atoms with Crippen molar-refractivity contribution in [3.63, 3.8) is 0 Å². The number of nitrogen functional groups attached to an aromatic ring is 1. The van der Waals surface area contributed by atoms with Crippen LogP contribution in [0.15, 0.2) is 108 Å². The maximum atomic E-state index is 12.4. The quantitative estimate of drug-likeness (QED) is 0.0669. The van der Waals surface area contributed by atoms with Gasteiger partial charge >= 0.3 is 0 Å². The van der Waals surface area contributed by atoms with Gasteiger partial charge in [0.15, 0.2) is 0 Å². The Labute approximate surface area is 273 Å². The molecule has 8 rings (SSSR count). The normalized spacial score (nSPS) is 16.1. The zero-order valence-corrected chi connectivity index (χ0v) is 26.6. The molecule has 7 heteroatoms. The number of nitriles is 1. The van der Waals surface area contributed by atoms with Crippen molar-refractivity contribution < 1.29 is 9.68 Å². The van der Waals surface area contributed by atoms with E-state index in [0.717, 1.165) is 72.0 Å². The highest BCUT2D eigenvalue weighted by atomic mass is 16.3. The van der Waals surface area contributed by atoms with Crippen LogP contribution in [0, 0.1) is 17.9 Å². The highest BCUT2D eigenvalue weighted by Crippen LogP contribution is 2.57. The zero-order valence-electron chi connectivity index (χ0n) is 26.6. The van der Waals surface area contributed by atoms with Crippen molar-refractivity contribution >= 4 is 55.5 Å². The second-order valence-corrected chi connectivity index (χ2v) is 12.5. The van der Waals surface area contributed by atoms with E-state index >= 15 is 0 Å². The summed E-state index contributed by atoms with van der Waals surface area (Å²) >= 11 is 0. The summed E-state index contributed by atoms with van der Waals surface area (Å²) in [4.78, 5) is 8.15. The highest BCUT2D eigenvalue weighted by Gasteiger charge is 2.42. The summed E-state index contributed by atoms with van der Waals surface area (Å²) in [5.74, 6) is 0.0482. The molecule has 0 saturated heterocycles. The number of aliphatic hydroxyl groups is 1. The van der Waals surface area contributed by atoms with Crippen molar-refractivity contribution in [3.05, 3.63) is 147 Å². The number of nitrogens with two attached hydrogens (primary N) is 1. The van der Waals surface area contributed by atoms with Gasteiger partial charge in [0.05, 0.1) is 36.1 Å². The Morgan fingerprint density at radius 3 is 2.04 bits per heavy atom. The Kier molecular flexibility index (Phi) is 6.06. The molecule has 5 aromatic carbocycles. The van der Waals surface area contributed by atoms with E-state index in [1.807, 2.05) is 74.8 Å². The van der Waals surface area contributed by atoms with E-state index in [0.29, 0.717) is 29.1 Å². The van der Waals surface area contributed by atoms with Gasteiger partial charge in [-0.1, -0.05) is 60.7 Å². The van der Waals surface area contributed by atoms with E-state index < -0.39 is 0 Å². The van der Waals surface area contributed by atoms with Gasteiger partial charge in [-0.3, -0.25) is 0 Å². The largest absolute Gasteiger partial charge is 0.507 e. The molecule has 3 aliphatic rings. The number of aliphatic hydroxyl groups excluding tert-OH is 1. The summed E-state index contributed by atoms with van der Waals surface area (Å²) < 4.78 is 2.11. The van der Waals surface area contributed by atoms with Crippen molar-refractivity contribution in [2.24, 2.45) is 0 Å². The maximum Gasteiger partial charge on any atom is 0.270 e. The van der Waals surface area contributed by atoms with Crippen LogP contribution in [0.25, 0.3) is 37.5 Å². The van der Waals surface area contributed by atoms with Crippen LogP contribution >= 0.6 is 0 Å². The van der Waals surface area contributed by atoms with Crippen molar-refractivity contribution in [1.29, 1.82) is 5.26 Å². The molecule has 1 aliphatic heterocycles. The van der Waals surface area contributed by atoms with Gasteiger partial charge in [-0.15, -0.1) is 0 Å². The molecule has 0 saturated carbocycles. The van der Waals surface area contributed by atoms with E-state index in [2.05, 4.69) is 63.7 Å². The minimum absolute atomic E-state index is 0.0482. The molecule has 0 fully saturated rings. The summed E-state index contributed by atoms with van der Waals surface area (Å²) in [7, 11) is 8.19. The van der Waals surface area contributed by atoms with E-state index in [4.69, 9.17) is 12.3 Å². The van der Waals surface area contributed by atoms with Gasteiger partial charge in [0, 0.05) is 69.5 Å². The van der Waals surface area contributed by atoms with E-state index in [9.17, 15) is 10.4 Å². The molecule has 0 aromatic heterocycles. The van der Waals surface area contributed by atoms with Crippen molar-refractivity contribution in [2.75, 3.05) is 50.4 Å². The first-order valence-corrected chi connectivity index (χ1v) is 15.4. The van der Waals surface area contributed by atoms with Gasteiger partial charge in [0.1, 0.15) is 19.9 Å². The molecule has 226 valence electrons. The summed E-state index contributed by atoms with van der Waals surface area (Å²) in [6.45, 7) is 8.83. The minimum Gasteiger partial charge on any atom is -0.507 e. The van der Waals surface area contributed by atoms with E-state index in [-0.39, 0.29) is 11.5 Å². The zero-order chi connectivity index (χ0) is 32.7. The summed E-state index contributed by atoms with van der Waals surface area (Å²) in [6, 6.07) is 30.5. The minimum atomic E-state index is -0.0741. The third-order valence-electron chi connectivity index (χ3n) is 9.65. The van der Waals surface area contributed by atoms with Gasteiger partial charge in [-0.2, -0.15) is 0 Å². The Balaban J connectivity index is 1.58. The fourth-order valence-corrected chi connectivity index (χ4v) is 7.89. The molecule has 47 heavy (non-hydrogen) atoms. The van der Waals surface area contributed by atoms with Crippen LogP contribution in [0.5, 0.6) is 0 Å². The van der Waals surface area contributed by atoms with Crippen LogP contribution in [-0.2, 0) is 0 Å². The fraction of sp³-hybridized carbons (Fsp3) is 0.125. The average Bonchev–Trinajstić information content (AvgIpc) is 3.07. The van der Waals surface area contributed by atoms with Crippen molar-refractivity contribution in [3.8, 4) is 6.07 Å². The molecule has 0 spiro atoms. The number of hydrogen-bond donors (Lipinski definition) is 2. The molecule has 0 radical (unpaired) electrons. The second kappa shape index (κ2) is 10.1. The van der Waals surface area contributed by atoms with Gasteiger partial charge in [-0.05, 0) is 40.8 Å². The molecular formula is C40H31N6O+. The van der Waals surface area contributed by atoms with Gasteiger partial charge in [-0.25, -0.2) is 14.7 Å². The summed E-state index contributed by atoms with van der Waals surface area (Å²) in [5, 5.41) is 26.5. The fourth-order valence-electron chi connectivity index (χ4n) is 7.89. The van der Waals surface area contributed by atoms with E-state index in [1.54, 1.807) is 0 Å². The number of benzene rings is 5. The molecule has 0 unspecified atom stereocenters. The highest BCUT2D eigenvalue weighted by molar-refractivity contribution is 6.28. The lowest BCUT2D eigenvalue weighted by Crippen LogP contribution is -2.36. The molecule has 0 atom stereocenters. The summed E-state index contributed by atoms with van der Waals surface area (Å²) in [6.07, 6.45) is 0. The molecule has 1 heterocycles. The standard InChI is InChI=1S/C40H30N6O/c1-43-29(20-41)35-36(31-22-12-6-8-14-24(22)38(44(2)3)25-15-9-7-13-23(25)31)40(47)37(35)34-26-16-11-19-30-33(26)39(46(5)21-45(30)4)27-17-10-18-28(42)32(27)34/h6-19H,21,42H2,2-5H3/p+1/b35-29+. The SMILES string of the molecule is [C-]#[N+]/C(C#N)=C1\C(=C2c3ccccc3C(=[N+](C)C)c3ccccc32)C(O)=C1c1c2cccc3c2c(c2cccc(N)c12)N(C)CN3C. The first-order valence-electron chi connectivity index (χ1n) is 15.4. The Bertz CT molecular complexity index is 2410. The molecule has 3 N–H and O–H groups in total. The third kappa shape index (κ3) is 3.69. The van der Waals surface area contributed by atoms with E-state index in [1.165, 1.54) is 0 Å². The van der Waals surface area contributed by atoms with Gasteiger partial charge < -0.3 is 20.6 Å². The topological polar surface area (TPSA) is 83.9 Å². The molecular weight excluding hydrogens is 580 g/mol. The van der Waals surface area contributed by atoms with Crippen LogP contribution in [0.1, 0.15) is 27.8 Å². The first kappa shape index (κ1) is 28.2. The van der Waals surface area contributed by atoms with Crippen LogP contribution in [0.2, 0.25) is 0 Å². The predicted molar refractivity (Wildman–Crippen MR) is 191 cm³/mol. The van der Waals surface area contributed by atoms with Crippen LogP contribution in [0.4, 0.5) is 17.1 Å². The molecule has 5 aromatic rings. The van der Waals surface area contributed by atoms with Crippen molar-refractivity contribution in [2.45, 2.75) is 0 Å². The second-order valence-electron chi connectivity index (χ2n) is 12.5. The van der Waals surface area contributed by atoms with Crippen LogP contribution in [0.3, 0.4) is 0 Å². The third-order valence-corrected chi connectivity index (χ3v) is 9.65. The van der Waals surface area contributed by atoms with Crippen molar-refractivity contribution in [1.82, 2.24) is 0 Å². The summed E-state index contributed by atoms with van der Waals surface area (Å²) in [5.41, 5.74) is 17.3. The number of allylic oxidation sites excluding steroid dienone is 3. The predicted octanol–water partition coefficient (Wildman–Crippen LogP) is 7.32. The molecule has 7 nitrogen and oxygen atoms in total. The average molecular weight is 612 g/mol. The Morgan fingerprint density at radius 2 is 1.43 bits per heavy atom. The van der Waals surface area contributed by atoms with Gasteiger partial charge in [0.25, 0.3) is 5.70 Å². The number of anilines is 3. The maximum absolute atomic E-state index is 12.4. The Morgan fingerprint density at radius 1 is 0.809 bits per heavy atom. The lowest BCUT2D eigenvalue weighted by molar-refractivity contribution is -0.463. The van der Waals surface area contributed by atoms with Crippen LogP contribution in [-0.4, -0.2) is 50.3 Å². The lowest BCUT2D eigenvalue weighted by atomic mass is 9.69. The molecule has 2 aliphatic carbocycles. The number of hydrogen-bond acceptors (Lipinski definition) is 5. The number of nitrogens with zero attached hydrogens (tertiary/aromatic N) is 5.